The molecule has 1 aliphatic rings. The highest BCUT2D eigenvalue weighted by atomic mass is 19.4. The number of alkyl halides is 3. The van der Waals surface area contributed by atoms with Gasteiger partial charge in [0.1, 0.15) is 6.54 Å². The highest BCUT2D eigenvalue weighted by Gasteiger charge is 2.31. The second kappa shape index (κ2) is 6.89. The average Bonchev–Trinajstić information content (AvgIpc) is 2.69. The van der Waals surface area contributed by atoms with Crippen LogP contribution < -0.4 is 4.90 Å². The molecular weight excluding hydrogens is 313 g/mol. The Bertz CT molecular complexity index is 590. The Morgan fingerprint density at radius 2 is 2.00 bits per heavy atom. The number of rotatable bonds is 3. The first-order chi connectivity index (χ1) is 10.8. The van der Waals surface area contributed by atoms with Crippen LogP contribution in [-0.2, 0) is 20.5 Å². The summed E-state index contributed by atoms with van der Waals surface area (Å²) in [5.74, 6) is -0.740. The van der Waals surface area contributed by atoms with Crippen LogP contribution in [0.1, 0.15) is 12.0 Å². The van der Waals surface area contributed by atoms with Gasteiger partial charge in [-0.25, -0.2) is 0 Å². The van der Waals surface area contributed by atoms with Crippen molar-refractivity contribution in [2.24, 2.45) is 0 Å². The van der Waals surface area contributed by atoms with Crippen LogP contribution in [0.3, 0.4) is 0 Å². The Morgan fingerprint density at radius 1 is 1.26 bits per heavy atom. The van der Waals surface area contributed by atoms with E-state index in [0.717, 1.165) is 12.1 Å². The Labute approximate surface area is 131 Å². The summed E-state index contributed by atoms with van der Waals surface area (Å²) in [4.78, 5) is 26.3. The lowest BCUT2D eigenvalue weighted by molar-refractivity contribution is -0.146. The van der Waals surface area contributed by atoms with Crippen molar-refractivity contribution in [1.82, 2.24) is 4.90 Å². The van der Waals surface area contributed by atoms with Crippen LogP contribution in [0.15, 0.2) is 24.3 Å². The monoisotopic (exact) mass is 330 g/mol. The molecule has 1 aromatic rings. The fourth-order valence-corrected chi connectivity index (χ4v) is 2.39. The van der Waals surface area contributed by atoms with Crippen LogP contribution >= 0.6 is 0 Å². The van der Waals surface area contributed by atoms with Crippen LogP contribution in [0, 0.1) is 0 Å². The van der Waals surface area contributed by atoms with E-state index in [1.165, 1.54) is 18.1 Å². The zero-order valence-electron chi connectivity index (χ0n) is 12.6. The summed E-state index contributed by atoms with van der Waals surface area (Å²) in [6, 6.07) is 5.00. The van der Waals surface area contributed by atoms with Crippen molar-refractivity contribution in [2.45, 2.75) is 12.6 Å². The molecule has 23 heavy (non-hydrogen) atoms. The molecule has 1 aliphatic heterocycles. The van der Waals surface area contributed by atoms with Crippen molar-refractivity contribution in [1.29, 1.82) is 0 Å². The lowest BCUT2D eigenvalue weighted by Gasteiger charge is -2.24. The Kier molecular flexibility index (Phi) is 5.12. The molecule has 2 rings (SSSR count). The predicted molar refractivity (Wildman–Crippen MR) is 76.9 cm³/mol. The number of amides is 1. The van der Waals surface area contributed by atoms with Gasteiger partial charge in [-0.15, -0.1) is 0 Å². The topological polar surface area (TPSA) is 49.9 Å². The largest absolute Gasteiger partial charge is 0.468 e. The summed E-state index contributed by atoms with van der Waals surface area (Å²) < 4.78 is 42.9. The molecule has 1 fully saturated rings. The average molecular weight is 330 g/mol. The molecule has 0 spiro atoms. The molecular formula is C15H17F3N2O3. The number of hydrogen-bond acceptors (Lipinski definition) is 4. The maximum Gasteiger partial charge on any atom is 0.416 e. The van der Waals surface area contributed by atoms with Gasteiger partial charge in [-0.1, -0.05) is 6.07 Å². The summed E-state index contributed by atoms with van der Waals surface area (Å²) in [5, 5.41) is 0. The zero-order chi connectivity index (χ0) is 17.0. The fourth-order valence-electron chi connectivity index (χ4n) is 2.39. The molecule has 1 heterocycles. The summed E-state index contributed by atoms with van der Waals surface area (Å²) >= 11 is 0. The van der Waals surface area contributed by atoms with Crippen LogP contribution in [0.2, 0.25) is 0 Å². The second-order valence-corrected chi connectivity index (χ2v) is 5.18. The molecule has 0 unspecified atom stereocenters. The Balaban J connectivity index is 2.11. The van der Waals surface area contributed by atoms with E-state index in [2.05, 4.69) is 4.74 Å². The number of esters is 1. The summed E-state index contributed by atoms with van der Waals surface area (Å²) in [6.07, 6.45) is -4.28. The van der Waals surface area contributed by atoms with Crippen molar-refractivity contribution >= 4 is 17.6 Å². The van der Waals surface area contributed by atoms with Crippen LogP contribution in [0.4, 0.5) is 18.9 Å². The molecule has 126 valence electrons. The van der Waals surface area contributed by atoms with Gasteiger partial charge in [0.2, 0.25) is 5.91 Å². The summed E-state index contributed by atoms with van der Waals surface area (Å²) in [5.41, 5.74) is -0.315. The Hall–Kier alpha value is -2.25. The summed E-state index contributed by atoms with van der Waals surface area (Å²) in [6.45, 7) is 0.762. The van der Waals surface area contributed by atoms with Crippen molar-refractivity contribution in [2.75, 3.05) is 38.2 Å². The van der Waals surface area contributed by atoms with E-state index in [-0.39, 0.29) is 25.4 Å². The van der Waals surface area contributed by atoms with Crippen molar-refractivity contribution < 1.29 is 27.5 Å². The van der Waals surface area contributed by atoms with Gasteiger partial charge in [0.25, 0.3) is 0 Å². The van der Waals surface area contributed by atoms with Gasteiger partial charge in [0.15, 0.2) is 0 Å². The maximum absolute atomic E-state index is 12.8. The summed E-state index contributed by atoms with van der Waals surface area (Å²) in [7, 11) is 1.24. The minimum atomic E-state index is -4.41. The highest BCUT2D eigenvalue weighted by molar-refractivity contribution is 5.82. The van der Waals surface area contributed by atoms with Crippen molar-refractivity contribution in [3.8, 4) is 0 Å². The molecule has 8 heteroatoms. The number of halogens is 3. The quantitative estimate of drug-likeness (QED) is 0.795. The molecule has 0 aliphatic carbocycles. The van der Waals surface area contributed by atoms with Gasteiger partial charge >= 0.3 is 12.1 Å². The van der Waals surface area contributed by atoms with E-state index in [4.69, 9.17) is 0 Å². The number of carbonyl (C=O) groups is 2. The van der Waals surface area contributed by atoms with E-state index < -0.39 is 17.7 Å². The lowest BCUT2D eigenvalue weighted by atomic mass is 10.1. The fraction of sp³-hybridized carbons (Fsp3) is 0.467. The number of hydrogen-bond donors (Lipinski definition) is 0. The smallest absolute Gasteiger partial charge is 0.416 e. The second-order valence-electron chi connectivity index (χ2n) is 5.18. The number of ether oxygens (including phenoxy) is 1. The third kappa shape index (κ3) is 4.37. The zero-order valence-corrected chi connectivity index (χ0v) is 12.6. The number of carbonyl (C=O) groups excluding carboxylic acids is 2. The molecule has 5 nitrogen and oxygen atoms in total. The van der Waals surface area contributed by atoms with Gasteiger partial charge < -0.3 is 14.5 Å². The third-order valence-electron chi connectivity index (χ3n) is 3.67. The van der Waals surface area contributed by atoms with E-state index in [0.29, 0.717) is 18.8 Å². The van der Waals surface area contributed by atoms with E-state index in [1.807, 2.05) is 0 Å². The number of anilines is 1. The number of methoxy groups -OCH3 is 1. The molecule has 0 aromatic heterocycles. The highest BCUT2D eigenvalue weighted by Crippen LogP contribution is 2.31. The third-order valence-corrected chi connectivity index (χ3v) is 3.67. The van der Waals surface area contributed by atoms with Gasteiger partial charge in [-0.3, -0.25) is 9.59 Å². The molecule has 1 amide bonds. The van der Waals surface area contributed by atoms with Gasteiger partial charge in [0, 0.05) is 31.7 Å². The predicted octanol–water partition coefficient (Wildman–Crippen LogP) is 1.92. The van der Waals surface area contributed by atoms with Crippen LogP contribution in [0.25, 0.3) is 0 Å². The van der Waals surface area contributed by atoms with E-state index >= 15 is 0 Å². The first kappa shape index (κ1) is 17.1. The van der Waals surface area contributed by atoms with E-state index in [1.54, 1.807) is 11.0 Å². The molecule has 1 saturated heterocycles. The molecule has 0 bridgehead atoms. The normalized spacial score (nSPS) is 16.3. The molecule has 0 atom stereocenters. The van der Waals surface area contributed by atoms with Gasteiger partial charge in [-0.2, -0.15) is 13.2 Å². The molecule has 0 N–H and O–H groups in total. The molecule has 1 aromatic carbocycles. The van der Waals surface area contributed by atoms with Crippen LogP contribution in [0.5, 0.6) is 0 Å². The number of benzene rings is 1. The minimum absolute atomic E-state index is 0.132. The van der Waals surface area contributed by atoms with Crippen LogP contribution in [-0.4, -0.2) is 50.1 Å². The molecule has 0 saturated carbocycles. The minimum Gasteiger partial charge on any atom is -0.468 e. The SMILES string of the molecule is COC(=O)CN1CCN(c2cccc(C(F)(F)F)c2)CCC1=O. The Morgan fingerprint density at radius 3 is 2.65 bits per heavy atom. The van der Waals surface area contributed by atoms with Crippen molar-refractivity contribution in [3.05, 3.63) is 29.8 Å². The standard InChI is InChI=1S/C15H17F3N2O3/c1-23-14(22)10-20-8-7-19(6-5-13(20)21)12-4-2-3-11(9-12)15(16,17)18/h2-4,9H,5-8,10H2,1H3. The lowest BCUT2D eigenvalue weighted by Crippen LogP contribution is -2.37. The van der Waals surface area contributed by atoms with Gasteiger partial charge in [-0.05, 0) is 18.2 Å². The number of nitrogens with zero attached hydrogens (tertiary/aromatic N) is 2. The van der Waals surface area contributed by atoms with Gasteiger partial charge in [0.05, 0.1) is 12.7 Å². The van der Waals surface area contributed by atoms with E-state index in [9.17, 15) is 22.8 Å². The molecule has 0 radical (unpaired) electrons. The first-order valence-corrected chi connectivity index (χ1v) is 7.08. The van der Waals surface area contributed by atoms with Crippen molar-refractivity contribution in [3.63, 3.8) is 0 Å². The maximum atomic E-state index is 12.8. The first-order valence-electron chi connectivity index (χ1n) is 7.08.